The van der Waals surface area contributed by atoms with E-state index in [1.54, 1.807) is 34.6 Å². The first-order chi connectivity index (χ1) is 9.49. The molecule has 1 unspecified atom stereocenters. The first-order valence-electron chi connectivity index (χ1n) is 6.03. The van der Waals surface area contributed by atoms with Crippen LogP contribution < -0.4 is 5.69 Å². The van der Waals surface area contributed by atoms with Crippen molar-refractivity contribution >= 4 is 49.9 Å². The Morgan fingerprint density at radius 1 is 1.15 bits per heavy atom. The van der Waals surface area contributed by atoms with Crippen LogP contribution in [-0.2, 0) is 14.1 Å². The van der Waals surface area contributed by atoms with E-state index < -0.39 is 0 Å². The van der Waals surface area contributed by atoms with Crippen molar-refractivity contribution in [1.82, 2.24) is 9.13 Å². The summed E-state index contributed by atoms with van der Waals surface area (Å²) >= 11 is 11.2. The molecule has 104 valence electrons. The monoisotopic (exact) mass is 370 g/mol. The molecule has 1 atom stereocenters. The minimum Gasteiger partial charge on any atom is -0.295 e. The first kappa shape index (κ1) is 13.9. The lowest BCUT2D eigenvalue weighted by Gasteiger charge is -2.08. The van der Waals surface area contributed by atoms with E-state index in [9.17, 15) is 4.79 Å². The Bertz CT molecular complexity index is 849. The Balaban J connectivity index is 2.14. The van der Waals surface area contributed by atoms with Gasteiger partial charge >= 0.3 is 5.69 Å². The number of rotatable bonds is 2. The van der Waals surface area contributed by atoms with Crippen LogP contribution in [-0.4, -0.2) is 9.13 Å². The van der Waals surface area contributed by atoms with Gasteiger partial charge in [0.25, 0.3) is 0 Å². The molecular formula is C14H12BrClN2OS. The van der Waals surface area contributed by atoms with Gasteiger partial charge in [0, 0.05) is 19.0 Å². The number of hydrogen-bond donors (Lipinski definition) is 0. The van der Waals surface area contributed by atoms with Gasteiger partial charge in [0.15, 0.2) is 0 Å². The average Bonchev–Trinajstić information content (AvgIpc) is 2.97. The highest BCUT2D eigenvalue weighted by Crippen LogP contribution is 2.37. The number of halogens is 2. The highest BCUT2D eigenvalue weighted by Gasteiger charge is 2.15. The lowest BCUT2D eigenvalue weighted by atomic mass is 10.1. The highest BCUT2D eigenvalue weighted by molar-refractivity contribution is 9.09. The SMILES string of the molecule is Cn1c(=O)n(C)c2cc(C(Br)c3ccc(Cl)s3)ccc21. The van der Waals surface area contributed by atoms with Crippen LogP contribution in [0.5, 0.6) is 0 Å². The number of fused-ring (bicyclic) bond motifs is 1. The van der Waals surface area contributed by atoms with Gasteiger partial charge in [0.1, 0.15) is 0 Å². The molecule has 2 aromatic heterocycles. The second-order valence-electron chi connectivity index (χ2n) is 4.65. The molecule has 1 aromatic carbocycles. The molecule has 0 saturated heterocycles. The molecule has 0 radical (unpaired) electrons. The van der Waals surface area contributed by atoms with Gasteiger partial charge in [-0.25, -0.2) is 4.79 Å². The molecule has 0 bridgehead atoms. The van der Waals surface area contributed by atoms with E-state index in [4.69, 9.17) is 11.6 Å². The molecule has 3 nitrogen and oxygen atoms in total. The third-order valence-electron chi connectivity index (χ3n) is 3.43. The molecule has 0 N–H and O–H groups in total. The zero-order chi connectivity index (χ0) is 14.4. The molecule has 3 rings (SSSR count). The van der Waals surface area contributed by atoms with Crippen LogP contribution in [0.25, 0.3) is 11.0 Å². The van der Waals surface area contributed by atoms with Crippen molar-refractivity contribution in [3.8, 4) is 0 Å². The first-order valence-corrected chi connectivity index (χ1v) is 8.14. The van der Waals surface area contributed by atoms with Crippen molar-refractivity contribution in [2.75, 3.05) is 0 Å². The van der Waals surface area contributed by atoms with Crippen LogP contribution >= 0.6 is 38.9 Å². The standard InChI is InChI=1S/C14H12BrClN2OS/c1-17-9-4-3-8(7-10(9)18(2)14(17)19)13(15)11-5-6-12(16)20-11/h3-7,13H,1-2H3. The Labute approximate surface area is 133 Å². The maximum Gasteiger partial charge on any atom is 0.328 e. The predicted octanol–water partition coefficient (Wildman–Crippen LogP) is 4.08. The summed E-state index contributed by atoms with van der Waals surface area (Å²) in [5.41, 5.74) is 2.96. The van der Waals surface area contributed by atoms with E-state index in [1.165, 1.54) is 0 Å². The molecule has 20 heavy (non-hydrogen) atoms. The number of imidazole rings is 1. The van der Waals surface area contributed by atoms with Crippen molar-refractivity contribution in [2.45, 2.75) is 4.83 Å². The molecule has 0 aliphatic rings. The minimum absolute atomic E-state index is 0.0116. The fourth-order valence-corrected chi connectivity index (χ4v) is 4.10. The topological polar surface area (TPSA) is 26.9 Å². The van der Waals surface area contributed by atoms with Gasteiger partial charge in [0.2, 0.25) is 0 Å². The van der Waals surface area contributed by atoms with E-state index in [-0.39, 0.29) is 10.5 Å². The summed E-state index contributed by atoms with van der Waals surface area (Å²) in [5, 5.41) is 0. The van der Waals surface area contributed by atoms with E-state index >= 15 is 0 Å². The van der Waals surface area contributed by atoms with E-state index in [1.807, 2.05) is 30.3 Å². The fourth-order valence-electron chi connectivity index (χ4n) is 2.31. The van der Waals surface area contributed by atoms with Crippen LogP contribution in [0.3, 0.4) is 0 Å². The molecule has 0 amide bonds. The summed E-state index contributed by atoms with van der Waals surface area (Å²) < 4.78 is 4.10. The molecule has 0 aliphatic heterocycles. The van der Waals surface area contributed by atoms with Crippen molar-refractivity contribution in [3.63, 3.8) is 0 Å². The number of aryl methyl sites for hydroxylation is 2. The summed E-state index contributed by atoms with van der Waals surface area (Å²) in [6.45, 7) is 0. The van der Waals surface area contributed by atoms with Crippen molar-refractivity contribution < 1.29 is 0 Å². The second kappa shape index (κ2) is 5.06. The molecule has 0 aliphatic carbocycles. The fraction of sp³-hybridized carbons (Fsp3) is 0.214. The van der Waals surface area contributed by atoms with Gasteiger partial charge < -0.3 is 0 Å². The number of thiophene rings is 1. The van der Waals surface area contributed by atoms with Crippen LogP contribution in [0, 0.1) is 0 Å². The summed E-state index contributed by atoms with van der Waals surface area (Å²) in [7, 11) is 3.58. The van der Waals surface area contributed by atoms with Crippen LogP contribution in [0.4, 0.5) is 0 Å². The van der Waals surface area contributed by atoms with Crippen LogP contribution in [0.15, 0.2) is 35.1 Å². The third-order valence-corrected chi connectivity index (χ3v) is 6.05. The summed E-state index contributed by atoms with van der Waals surface area (Å²) in [5.74, 6) is 0. The molecule has 0 saturated carbocycles. The molecule has 0 fully saturated rings. The molecule has 2 heterocycles. The lowest BCUT2D eigenvalue weighted by molar-refractivity contribution is 0.795. The normalized spacial score (nSPS) is 13.0. The summed E-state index contributed by atoms with van der Waals surface area (Å²) in [6.07, 6.45) is 0. The van der Waals surface area contributed by atoms with Gasteiger partial charge in [-0.2, -0.15) is 0 Å². The maximum atomic E-state index is 11.9. The average molecular weight is 372 g/mol. The second-order valence-corrected chi connectivity index (χ2v) is 7.32. The summed E-state index contributed by atoms with van der Waals surface area (Å²) in [6, 6.07) is 9.97. The molecule has 6 heteroatoms. The molecule has 3 aromatic rings. The zero-order valence-corrected chi connectivity index (χ0v) is 14.1. The van der Waals surface area contributed by atoms with Crippen molar-refractivity contribution in [2.24, 2.45) is 14.1 Å². The predicted molar refractivity (Wildman–Crippen MR) is 88.3 cm³/mol. The molecular weight excluding hydrogens is 360 g/mol. The minimum atomic E-state index is -0.0116. The quantitative estimate of drug-likeness (QED) is 0.624. The zero-order valence-electron chi connectivity index (χ0n) is 10.9. The van der Waals surface area contributed by atoms with Crippen molar-refractivity contribution in [3.05, 3.63) is 55.6 Å². The smallest absolute Gasteiger partial charge is 0.295 e. The lowest BCUT2D eigenvalue weighted by Crippen LogP contribution is -2.19. The number of hydrogen-bond acceptors (Lipinski definition) is 2. The van der Waals surface area contributed by atoms with Gasteiger partial charge in [-0.05, 0) is 29.8 Å². The van der Waals surface area contributed by atoms with Gasteiger partial charge in [-0.1, -0.05) is 33.6 Å². The maximum absolute atomic E-state index is 11.9. The van der Waals surface area contributed by atoms with Gasteiger partial charge in [0.05, 0.1) is 20.2 Å². The Kier molecular flexibility index (Phi) is 3.52. The van der Waals surface area contributed by atoms with Crippen LogP contribution in [0.1, 0.15) is 15.3 Å². The number of nitrogens with zero attached hydrogens (tertiary/aromatic N) is 2. The largest absolute Gasteiger partial charge is 0.328 e. The van der Waals surface area contributed by atoms with Crippen LogP contribution in [0.2, 0.25) is 4.34 Å². The van der Waals surface area contributed by atoms with Gasteiger partial charge in [-0.15, -0.1) is 11.3 Å². The molecule has 0 spiro atoms. The van der Waals surface area contributed by atoms with Crippen molar-refractivity contribution in [1.29, 1.82) is 0 Å². The Morgan fingerprint density at radius 2 is 1.85 bits per heavy atom. The Hall–Kier alpha value is -1.04. The Morgan fingerprint density at radius 3 is 2.50 bits per heavy atom. The third kappa shape index (κ3) is 2.14. The number of aromatic nitrogens is 2. The number of benzene rings is 1. The van der Waals surface area contributed by atoms with E-state index in [2.05, 4.69) is 15.9 Å². The number of alkyl halides is 1. The van der Waals surface area contributed by atoms with E-state index in [0.29, 0.717) is 0 Å². The highest BCUT2D eigenvalue weighted by atomic mass is 79.9. The summed E-state index contributed by atoms with van der Waals surface area (Å²) in [4.78, 5) is 13.2. The van der Waals surface area contributed by atoms with E-state index in [0.717, 1.165) is 25.8 Å². The van der Waals surface area contributed by atoms with Gasteiger partial charge in [-0.3, -0.25) is 9.13 Å².